The van der Waals surface area contributed by atoms with Gasteiger partial charge < -0.3 is 5.32 Å². The summed E-state index contributed by atoms with van der Waals surface area (Å²) in [5, 5.41) is 3.40. The third-order valence-electron chi connectivity index (χ3n) is 3.22. The second-order valence-electron chi connectivity index (χ2n) is 5.28. The first-order valence-electron chi connectivity index (χ1n) is 5.37. The van der Waals surface area contributed by atoms with Crippen LogP contribution in [-0.2, 0) is 0 Å². The van der Waals surface area contributed by atoms with Gasteiger partial charge >= 0.3 is 0 Å². The number of hydrogen-bond donors (Lipinski definition) is 1. The third-order valence-corrected chi connectivity index (χ3v) is 3.22. The average molecular weight is 184 g/mol. The van der Waals surface area contributed by atoms with Crippen molar-refractivity contribution in [1.82, 2.24) is 10.2 Å². The van der Waals surface area contributed by atoms with Crippen molar-refractivity contribution in [2.75, 3.05) is 20.1 Å². The molecule has 0 amide bonds. The highest BCUT2D eigenvalue weighted by Crippen LogP contribution is 2.23. The van der Waals surface area contributed by atoms with Crippen molar-refractivity contribution in [3.8, 4) is 0 Å². The summed E-state index contributed by atoms with van der Waals surface area (Å²) in [4.78, 5) is 2.59. The van der Waals surface area contributed by atoms with Crippen LogP contribution in [0.25, 0.3) is 0 Å². The fourth-order valence-corrected chi connectivity index (χ4v) is 2.18. The maximum atomic E-state index is 3.40. The second-order valence-corrected chi connectivity index (χ2v) is 5.28. The Labute approximate surface area is 82.7 Å². The van der Waals surface area contributed by atoms with E-state index in [1.807, 2.05) is 0 Å². The number of likely N-dealkylation sites (tertiary alicyclic amines) is 1. The van der Waals surface area contributed by atoms with Gasteiger partial charge in [-0.15, -0.1) is 0 Å². The molecule has 1 N–H and O–H groups in total. The topological polar surface area (TPSA) is 15.3 Å². The molecule has 1 heterocycles. The molecule has 0 saturated carbocycles. The minimum absolute atomic E-state index is 0.340. The van der Waals surface area contributed by atoms with E-state index in [1.165, 1.54) is 19.5 Å². The van der Waals surface area contributed by atoms with E-state index in [0.717, 1.165) is 12.0 Å². The van der Waals surface area contributed by atoms with Crippen molar-refractivity contribution >= 4 is 0 Å². The van der Waals surface area contributed by atoms with Gasteiger partial charge in [0.15, 0.2) is 0 Å². The standard InChI is InChI=1S/C11H24N2/c1-9-8-13(11(2,3)4)7-6-10(9)12-5/h9-10,12H,6-8H2,1-5H3. The highest BCUT2D eigenvalue weighted by Gasteiger charge is 2.30. The minimum atomic E-state index is 0.340. The van der Waals surface area contributed by atoms with E-state index in [4.69, 9.17) is 0 Å². The molecule has 78 valence electrons. The van der Waals surface area contributed by atoms with Crippen LogP contribution in [0.2, 0.25) is 0 Å². The maximum Gasteiger partial charge on any atom is 0.0125 e. The van der Waals surface area contributed by atoms with Gasteiger partial charge in [0.25, 0.3) is 0 Å². The molecular formula is C11H24N2. The van der Waals surface area contributed by atoms with Crippen LogP contribution in [0.4, 0.5) is 0 Å². The molecule has 1 fully saturated rings. The zero-order valence-electron chi connectivity index (χ0n) is 9.72. The first-order valence-corrected chi connectivity index (χ1v) is 5.37. The predicted octanol–water partition coefficient (Wildman–Crippen LogP) is 1.71. The summed E-state index contributed by atoms with van der Waals surface area (Å²) in [5.41, 5.74) is 0.340. The van der Waals surface area contributed by atoms with Gasteiger partial charge in [-0.3, -0.25) is 4.90 Å². The van der Waals surface area contributed by atoms with Crippen molar-refractivity contribution in [2.24, 2.45) is 5.92 Å². The van der Waals surface area contributed by atoms with Gasteiger partial charge in [0.1, 0.15) is 0 Å². The van der Waals surface area contributed by atoms with E-state index in [9.17, 15) is 0 Å². The number of piperidine rings is 1. The zero-order valence-corrected chi connectivity index (χ0v) is 9.72. The summed E-state index contributed by atoms with van der Waals surface area (Å²) in [6.45, 7) is 11.7. The molecule has 0 radical (unpaired) electrons. The van der Waals surface area contributed by atoms with E-state index >= 15 is 0 Å². The predicted molar refractivity (Wildman–Crippen MR) is 58.0 cm³/mol. The molecule has 0 spiro atoms. The number of hydrogen-bond acceptors (Lipinski definition) is 2. The van der Waals surface area contributed by atoms with Crippen LogP contribution in [0.3, 0.4) is 0 Å². The molecule has 1 aliphatic heterocycles. The monoisotopic (exact) mass is 184 g/mol. The second kappa shape index (κ2) is 3.97. The quantitative estimate of drug-likeness (QED) is 0.667. The van der Waals surface area contributed by atoms with Crippen LogP contribution in [0.5, 0.6) is 0 Å². The van der Waals surface area contributed by atoms with Gasteiger partial charge in [0.05, 0.1) is 0 Å². The lowest BCUT2D eigenvalue weighted by Gasteiger charge is -2.44. The van der Waals surface area contributed by atoms with Crippen LogP contribution >= 0.6 is 0 Å². The zero-order chi connectivity index (χ0) is 10.1. The summed E-state index contributed by atoms with van der Waals surface area (Å²) < 4.78 is 0. The Morgan fingerprint density at radius 2 is 1.92 bits per heavy atom. The van der Waals surface area contributed by atoms with Gasteiger partial charge in [-0.05, 0) is 40.2 Å². The molecule has 2 heteroatoms. The Morgan fingerprint density at radius 1 is 1.31 bits per heavy atom. The summed E-state index contributed by atoms with van der Waals surface area (Å²) in [6, 6.07) is 0.721. The van der Waals surface area contributed by atoms with E-state index in [2.05, 4.69) is 45.0 Å². The fraction of sp³-hybridized carbons (Fsp3) is 1.00. The van der Waals surface area contributed by atoms with Gasteiger partial charge in [-0.2, -0.15) is 0 Å². The molecule has 13 heavy (non-hydrogen) atoms. The van der Waals surface area contributed by atoms with Crippen LogP contribution in [0.15, 0.2) is 0 Å². The molecule has 0 aromatic carbocycles. The molecular weight excluding hydrogens is 160 g/mol. The Kier molecular flexibility index (Phi) is 3.36. The van der Waals surface area contributed by atoms with Crippen molar-refractivity contribution in [1.29, 1.82) is 0 Å². The highest BCUT2D eigenvalue weighted by molar-refractivity contribution is 4.87. The van der Waals surface area contributed by atoms with Crippen molar-refractivity contribution < 1.29 is 0 Å². The highest BCUT2D eigenvalue weighted by atomic mass is 15.2. The Bertz CT molecular complexity index is 160. The Balaban J connectivity index is 2.51. The van der Waals surface area contributed by atoms with Gasteiger partial charge in [0, 0.05) is 24.7 Å². The molecule has 1 rings (SSSR count). The van der Waals surface area contributed by atoms with Gasteiger partial charge in [0.2, 0.25) is 0 Å². The normalized spacial score (nSPS) is 32.1. The molecule has 0 aliphatic carbocycles. The lowest BCUT2D eigenvalue weighted by Crippen LogP contribution is -2.53. The fourth-order valence-electron chi connectivity index (χ4n) is 2.18. The lowest BCUT2D eigenvalue weighted by molar-refractivity contribution is 0.0673. The Morgan fingerprint density at radius 3 is 2.31 bits per heavy atom. The van der Waals surface area contributed by atoms with Crippen molar-refractivity contribution in [2.45, 2.75) is 45.7 Å². The third kappa shape index (κ3) is 2.68. The molecule has 0 aromatic heterocycles. The van der Waals surface area contributed by atoms with E-state index in [0.29, 0.717) is 5.54 Å². The summed E-state index contributed by atoms with van der Waals surface area (Å²) in [7, 11) is 2.08. The molecule has 1 aliphatic rings. The Hall–Kier alpha value is -0.0800. The maximum absolute atomic E-state index is 3.40. The largest absolute Gasteiger partial charge is 0.317 e. The lowest BCUT2D eigenvalue weighted by atomic mass is 9.90. The first-order chi connectivity index (χ1) is 5.95. The summed E-state index contributed by atoms with van der Waals surface area (Å²) in [6.07, 6.45) is 1.29. The minimum Gasteiger partial charge on any atom is -0.317 e. The van der Waals surface area contributed by atoms with Gasteiger partial charge in [-0.1, -0.05) is 6.92 Å². The number of nitrogens with one attached hydrogen (secondary N) is 1. The first kappa shape index (κ1) is 11.0. The van der Waals surface area contributed by atoms with E-state index in [-0.39, 0.29) is 0 Å². The molecule has 0 aromatic rings. The van der Waals surface area contributed by atoms with Gasteiger partial charge in [-0.25, -0.2) is 0 Å². The van der Waals surface area contributed by atoms with Crippen molar-refractivity contribution in [3.05, 3.63) is 0 Å². The van der Waals surface area contributed by atoms with E-state index < -0.39 is 0 Å². The van der Waals surface area contributed by atoms with Crippen LogP contribution in [-0.4, -0.2) is 36.6 Å². The molecule has 2 unspecified atom stereocenters. The number of rotatable bonds is 1. The van der Waals surface area contributed by atoms with E-state index in [1.54, 1.807) is 0 Å². The van der Waals surface area contributed by atoms with Crippen LogP contribution in [0, 0.1) is 5.92 Å². The number of nitrogens with zero attached hydrogens (tertiary/aromatic N) is 1. The summed E-state index contributed by atoms with van der Waals surface area (Å²) >= 11 is 0. The smallest absolute Gasteiger partial charge is 0.0125 e. The molecule has 2 atom stereocenters. The van der Waals surface area contributed by atoms with Crippen LogP contribution in [0.1, 0.15) is 34.1 Å². The average Bonchev–Trinajstić information content (AvgIpc) is 2.02. The summed E-state index contributed by atoms with van der Waals surface area (Å²) in [5.74, 6) is 0.776. The SMILES string of the molecule is CNC1CCN(C(C)(C)C)CC1C. The molecule has 1 saturated heterocycles. The van der Waals surface area contributed by atoms with Crippen LogP contribution < -0.4 is 5.32 Å². The van der Waals surface area contributed by atoms with Crippen molar-refractivity contribution in [3.63, 3.8) is 0 Å². The molecule has 2 nitrogen and oxygen atoms in total. The molecule has 0 bridgehead atoms.